The van der Waals surface area contributed by atoms with Gasteiger partial charge in [0.25, 0.3) is 0 Å². The summed E-state index contributed by atoms with van der Waals surface area (Å²) in [6.07, 6.45) is -2.84. The fraction of sp³-hybridized carbons (Fsp3) is 0.500. The zero-order valence-electron chi connectivity index (χ0n) is 9.46. The first-order valence-electron chi connectivity index (χ1n) is 5.81. The molecule has 6 heteroatoms. The monoisotopic (exact) mass is 259 g/mol. The minimum absolute atomic E-state index is 0.0879. The number of benzene rings is 1. The molecule has 1 fully saturated rings. The normalized spacial score (nSPS) is 26.2. The lowest BCUT2D eigenvalue weighted by molar-refractivity contribution is -0.274. The van der Waals surface area contributed by atoms with Gasteiger partial charge in [-0.1, -0.05) is 6.07 Å². The second-order valence-corrected chi connectivity index (χ2v) is 4.52. The van der Waals surface area contributed by atoms with Crippen LogP contribution in [-0.2, 0) is 0 Å². The molecule has 1 N–H and O–H groups in total. The molecule has 2 aliphatic heterocycles. The molecule has 0 aliphatic carbocycles. The van der Waals surface area contributed by atoms with Crippen LogP contribution in [0.15, 0.2) is 18.2 Å². The van der Waals surface area contributed by atoms with Gasteiger partial charge in [0, 0.05) is 24.1 Å². The molecule has 98 valence electrons. The maximum Gasteiger partial charge on any atom is 0.573 e. The first kappa shape index (κ1) is 11.6. The first-order valence-corrected chi connectivity index (χ1v) is 5.81. The van der Waals surface area contributed by atoms with Crippen molar-refractivity contribution in [3.05, 3.63) is 23.8 Å². The van der Waals surface area contributed by atoms with Gasteiger partial charge in [-0.2, -0.15) is 0 Å². The van der Waals surface area contributed by atoms with Crippen molar-refractivity contribution in [2.45, 2.75) is 31.3 Å². The van der Waals surface area contributed by atoms with Crippen LogP contribution in [0.25, 0.3) is 0 Å². The van der Waals surface area contributed by atoms with E-state index in [4.69, 9.17) is 4.74 Å². The average Bonchev–Trinajstić information content (AvgIpc) is 2.26. The number of hydrogen-bond donors (Lipinski definition) is 1. The number of rotatable bonds is 1. The average molecular weight is 259 g/mol. The zero-order chi connectivity index (χ0) is 12.8. The van der Waals surface area contributed by atoms with Crippen molar-refractivity contribution >= 4 is 0 Å². The predicted molar refractivity (Wildman–Crippen MR) is 57.5 cm³/mol. The van der Waals surface area contributed by atoms with Gasteiger partial charge in [-0.15, -0.1) is 13.2 Å². The summed E-state index contributed by atoms with van der Waals surface area (Å²) in [6, 6.07) is 4.45. The highest BCUT2D eigenvalue weighted by molar-refractivity contribution is 5.44. The van der Waals surface area contributed by atoms with Gasteiger partial charge in [0.05, 0.1) is 0 Å². The predicted octanol–water partition coefficient (Wildman–Crippen LogP) is 2.77. The molecule has 2 bridgehead atoms. The van der Waals surface area contributed by atoms with Crippen LogP contribution in [0, 0.1) is 0 Å². The third-order valence-corrected chi connectivity index (χ3v) is 3.24. The van der Waals surface area contributed by atoms with Crippen LogP contribution in [-0.4, -0.2) is 19.0 Å². The van der Waals surface area contributed by atoms with Crippen molar-refractivity contribution in [3.63, 3.8) is 0 Å². The van der Waals surface area contributed by atoms with E-state index in [0.29, 0.717) is 5.75 Å². The standard InChI is InChI=1S/C12H12F3NO2/c13-12(14,15)18-8-1-2-9-10-5-7(3-4-16-10)17-11(9)6-8/h1-2,6-7,10,16H,3-5H2. The second-order valence-electron chi connectivity index (χ2n) is 4.52. The van der Waals surface area contributed by atoms with Crippen LogP contribution in [0.3, 0.4) is 0 Å². The van der Waals surface area contributed by atoms with E-state index < -0.39 is 6.36 Å². The minimum Gasteiger partial charge on any atom is -0.490 e. The Balaban J connectivity index is 1.89. The summed E-state index contributed by atoms with van der Waals surface area (Å²) in [7, 11) is 0. The minimum atomic E-state index is -4.67. The summed E-state index contributed by atoms with van der Waals surface area (Å²) in [6.45, 7) is 0.871. The molecule has 0 saturated carbocycles. The fourth-order valence-corrected chi connectivity index (χ4v) is 2.51. The Bertz CT molecular complexity index is 461. The van der Waals surface area contributed by atoms with Gasteiger partial charge in [0.15, 0.2) is 0 Å². The molecule has 2 unspecified atom stereocenters. The number of hydrogen-bond acceptors (Lipinski definition) is 3. The van der Waals surface area contributed by atoms with Gasteiger partial charge < -0.3 is 14.8 Å². The second kappa shape index (κ2) is 4.05. The summed E-state index contributed by atoms with van der Waals surface area (Å²) < 4.78 is 45.9. The fourth-order valence-electron chi connectivity index (χ4n) is 2.51. The summed E-state index contributed by atoms with van der Waals surface area (Å²) in [5.41, 5.74) is 0.903. The third kappa shape index (κ3) is 2.25. The maximum absolute atomic E-state index is 12.1. The van der Waals surface area contributed by atoms with Crippen LogP contribution in [0.4, 0.5) is 13.2 Å². The summed E-state index contributed by atoms with van der Waals surface area (Å²) in [4.78, 5) is 0. The van der Waals surface area contributed by atoms with Crippen LogP contribution in [0.1, 0.15) is 24.4 Å². The number of ether oxygens (including phenoxy) is 2. The number of alkyl halides is 3. The Hall–Kier alpha value is -1.43. The molecule has 1 aromatic carbocycles. The van der Waals surface area contributed by atoms with Crippen LogP contribution >= 0.6 is 0 Å². The van der Waals surface area contributed by atoms with Gasteiger partial charge in [0.1, 0.15) is 17.6 Å². The van der Waals surface area contributed by atoms with Gasteiger partial charge in [-0.3, -0.25) is 0 Å². The maximum atomic E-state index is 12.1. The number of nitrogens with one attached hydrogen (secondary N) is 1. The number of piperidine rings is 1. The number of fused-ring (bicyclic) bond motifs is 4. The van der Waals surface area contributed by atoms with Crippen molar-refractivity contribution in [1.29, 1.82) is 0 Å². The van der Waals surface area contributed by atoms with Crippen LogP contribution < -0.4 is 14.8 Å². The molecule has 3 rings (SSSR count). The van der Waals surface area contributed by atoms with Gasteiger partial charge in [-0.05, 0) is 19.0 Å². The zero-order valence-corrected chi connectivity index (χ0v) is 9.46. The highest BCUT2D eigenvalue weighted by atomic mass is 19.4. The molecule has 1 aromatic rings. The lowest BCUT2D eigenvalue weighted by Gasteiger charge is -2.37. The Labute approximate surface area is 102 Å². The lowest BCUT2D eigenvalue weighted by Crippen LogP contribution is -2.40. The molecule has 0 amide bonds. The molecule has 3 nitrogen and oxygen atoms in total. The van der Waals surface area contributed by atoms with Gasteiger partial charge >= 0.3 is 6.36 Å². The summed E-state index contributed by atoms with van der Waals surface area (Å²) in [5, 5.41) is 3.33. The molecule has 2 heterocycles. The third-order valence-electron chi connectivity index (χ3n) is 3.24. The van der Waals surface area contributed by atoms with Crippen molar-refractivity contribution in [2.24, 2.45) is 0 Å². The van der Waals surface area contributed by atoms with E-state index in [9.17, 15) is 13.2 Å². The SMILES string of the molecule is FC(F)(F)Oc1ccc2c(c1)OC1CCNC2C1. The highest BCUT2D eigenvalue weighted by Gasteiger charge is 2.34. The van der Waals surface area contributed by atoms with Crippen molar-refractivity contribution < 1.29 is 22.6 Å². The molecule has 0 aromatic heterocycles. The Morgan fingerprint density at radius 3 is 2.94 bits per heavy atom. The van der Waals surface area contributed by atoms with E-state index in [0.717, 1.165) is 24.9 Å². The van der Waals surface area contributed by atoms with Crippen molar-refractivity contribution in [2.75, 3.05) is 6.54 Å². The van der Waals surface area contributed by atoms with E-state index >= 15 is 0 Å². The largest absolute Gasteiger partial charge is 0.573 e. The smallest absolute Gasteiger partial charge is 0.490 e. The molecular formula is C12H12F3NO2. The van der Waals surface area contributed by atoms with E-state index in [1.807, 2.05) is 0 Å². The van der Waals surface area contributed by atoms with Crippen molar-refractivity contribution in [3.8, 4) is 11.5 Å². The topological polar surface area (TPSA) is 30.5 Å². The van der Waals surface area contributed by atoms with Crippen molar-refractivity contribution in [1.82, 2.24) is 5.32 Å². The highest BCUT2D eigenvalue weighted by Crippen LogP contribution is 2.40. The Morgan fingerprint density at radius 2 is 2.17 bits per heavy atom. The summed E-state index contributed by atoms with van der Waals surface area (Å²) >= 11 is 0. The Kier molecular flexibility index (Phi) is 2.62. The van der Waals surface area contributed by atoms with E-state index in [2.05, 4.69) is 10.1 Å². The van der Waals surface area contributed by atoms with E-state index in [1.54, 1.807) is 6.07 Å². The molecule has 1 saturated heterocycles. The lowest BCUT2D eigenvalue weighted by atomic mass is 9.92. The summed E-state index contributed by atoms with van der Waals surface area (Å²) in [5.74, 6) is 0.256. The van der Waals surface area contributed by atoms with E-state index in [1.165, 1.54) is 12.1 Å². The molecule has 0 spiro atoms. The van der Waals surface area contributed by atoms with Gasteiger partial charge in [-0.25, -0.2) is 0 Å². The molecule has 0 radical (unpaired) electrons. The Morgan fingerprint density at radius 1 is 1.33 bits per heavy atom. The van der Waals surface area contributed by atoms with E-state index in [-0.39, 0.29) is 17.9 Å². The first-order chi connectivity index (χ1) is 8.51. The number of halogens is 3. The van der Waals surface area contributed by atoms with Gasteiger partial charge in [0.2, 0.25) is 0 Å². The quantitative estimate of drug-likeness (QED) is 0.841. The molecule has 18 heavy (non-hydrogen) atoms. The molecule has 2 aliphatic rings. The van der Waals surface area contributed by atoms with Crippen LogP contribution in [0.5, 0.6) is 11.5 Å². The molecular weight excluding hydrogens is 247 g/mol. The molecule has 2 atom stereocenters. The van der Waals surface area contributed by atoms with Crippen LogP contribution in [0.2, 0.25) is 0 Å².